The molecule has 1 aromatic heterocycles. The Morgan fingerprint density at radius 3 is 2.48 bits per heavy atom. The summed E-state index contributed by atoms with van der Waals surface area (Å²) in [6.07, 6.45) is 0.633. The number of nitrogen functional groups attached to an aromatic ring is 1. The first-order chi connectivity index (χ1) is 12.9. The lowest BCUT2D eigenvalue weighted by Crippen LogP contribution is -2.42. The molecule has 27 heavy (non-hydrogen) atoms. The van der Waals surface area contributed by atoms with E-state index in [2.05, 4.69) is 14.9 Å². The quantitative estimate of drug-likeness (QED) is 0.861. The molecule has 1 saturated carbocycles. The Hall–Kier alpha value is -2.41. The standard InChI is InChI=1S/C20H25FN4O2/c1-11-12(2)23-20(22)24-19(11)25-9-13-7-17(26)18(8-14(13)10-25)27-16-5-3-15(21)4-6-16/h3-6,13-14,17-18,26H,7-10H2,1-2H3,(H2,22,23,24)/t13-,14+,17+,18+/m0/s1. The van der Waals surface area contributed by atoms with E-state index < -0.39 is 6.10 Å². The van der Waals surface area contributed by atoms with Crippen LogP contribution in [0, 0.1) is 31.5 Å². The lowest BCUT2D eigenvalue weighted by atomic mass is 9.78. The van der Waals surface area contributed by atoms with Gasteiger partial charge in [0, 0.05) is 24.3 Å². The molecule has 2 aromatic rings. The molecule has 1 aromatic carbocycles. The highest BCUT2D eigenvalue weighted by molar-refractivity contribution is 5.52. The molecule has 3 N–H and O–H groups in total. The Labute approximate surface area is 158 Å². The van der Waals surface area contributed by atoms with Crippen molar-refractivity contribution in [3.8, 4) is 5.75 Å². The minimum absolute atomic E-state index is 0.282. The maximum absolute atomic E-state index is 13.1. The third-order valence-corrected chi connectivity index (χ3v) is 5.87. The second kappa shape index (κ2) is 6.96. The fourth-order valence-electron chi connectivity index (χ4n) is 4.32. The van der Waals surface area contributed by atoms with Crippen molar-refractivity contribution in [2.24, 2.45) is 11.8 Å². The summed E-state index contributed by atoms with van der Waals surface area (Å²) < 4.78 is 19.0. The van der Waals surface area contributed by atoms with Crippen LogP contribution in [0.2, 0.25) is 0 Å². The summed E-state index contributed by atoms with van der Waals surface area (Å²) in [5.74, 6) is 2.27. The van der Waals surface area contributed by atoms with Gasteiger partial charge in [0.25, 0.3) is 0 Å². The topological polar surface area (TPSA) is 84.5 Å². The number of benzene rings is 1. The molecule has 0 radical (unpaired) electrons. The molecule has 0 unspecified atom stereocenters. The summed E-state index contributed by atoms with van der Waals surface area (Å²) in [6.45, 7) is 5.66. The largest absolute Gasteiger partial charge is 0.488 e. The third kappa shape index (κ3) is 3.56. The van der Waals surface area contributed by atoms with Gasteiger partial charge in [-0.05, 0) is 62.8 Å². The number of aromatic nitrogens is 2. The van der Waals surface area contributed by atoms with Crippen LogP contribution >= 0.6 is 0 Å². The van der Waals surface area contributed by atoms with Gasteiger partial charge in [-0.15, -0.1) is 0 Å². The van der Waals surface area contributed by atoms with Gasteiger partial charge in [0.15, 0.2) is 0 Å². The van der Waals surface area contributed by atoms with E-state index in [0.29, 0.717) is 30.0 Å². The molecule has 0 bridgehead atoms. The van der Waals surface area contributed by atoms with Gasteiger partial charge < -0.3 is 20.5 Å². The SMILES string of the molecule is Cc1nc(N)nc(N2C[C@H]3C[C@@H](Oc4ccc(F)cc4)[C@H](O)C[C@H]3C2)c1C. The van der Waals surface area contributed by atoms with Gasteiger partial charge in [-0.25, -0.2) is 9.37 Å². The number of aliphatic hydroxyl groups excluding tert-OH is 1. The number of aliphatic hydroxyl groups is 1. The van der Waals surface area contributed by atoms with E-state index in [9.17, 15) is 9.50 Å². The molecule has 144 valence electrons. The van der Waals surface area contributed by atoms with Crippen LogP contribution in [-0.4, -0.2) is 40.4 Å². The van der Waals surface area contributed by atoms with Crippen molar-refractivity contribution in [3.63, 3.8) is 0 Å². The molecule has 0 spiro atoms. The monoisotopic (exact) mass is 372 g/mol. The summed E-state index contributed by atoms with van der Waals surface area (Å²) >= 11 is 0. The highest BCUT2D eigenvalue weighted by Gasteiger charge is 2.43. The second-order valence-corrected chi connectivity index (χ2v) is 7.69. The lowest BCUT2D eigenvalue weighted by molar-refractivity contribution is -0.0231. The number of ether oxygens (including phenoxy) is 1. The molecule has 1 aliphatic heterocycles. The highest BCUT2D eigenvalue weighted by Crippen LogP contribution is 2.40. The van der Waals surface area contributed by atoms with Crippen LogP contribution in [0.5, 0.6) is 5.75 Å². The van der Waals surface area contributed by atoms with Crippen LogP contribution in [0.1, 0.15) is 24.1 Å². The number of halogens is 1. The van der Waals surface area contributed by atoms with E-state index in [1.807, 2.05) is 13.8 Å². The first kappa shape index (κ1) is 18.0. The zero-order chi connectivity index (χ0) is 19.1. The van der Waals surface area contributed by atoms with Crippen LogP contribution in [0.25, 0.3) is 0 Å². The number of hydrogen-bond donors (Lipinski definition) is 2. The number of fused-ring (bicyclic) bond motifs is 1. The van der Waals surface area contributed by atoms with Crippen LogP contribution in [0.3, 0.4) is 0 Å². The molecule has 4 atom stereocenters. The molecule has 7 heteroatoms. The van der Waals surface area contributed by atoms with Crippen molar-refractivity contribution in [1.82, 2.24) is 9.97 Å². The number of nitrogens with zero attached hydrogens (tertiary/aromatic N) is 3. The Kier molecular flexibility index (Phi) is 4.63. The minimum atomic E-state index is -0.533. The van der Waals surface area contributed by atoms with E-state index in [4.69, 9.17) is 10.5 Å². The fourth-order valence-corrected chi connectivity index (χ4v) is 4.32. The molecule has 2 heterocycles. The van der Waals surface area contributed by atoms with E-state index in [1.54, 1.807) is 12.1 Å². The molecule has 2 fully saturated rings. The van der Waals surface area contributed by atoms with Gasteiger partial charge in [-0.1, -0.05) is 0 Å². The molecule has 2 aliphatic rings. The Bertz CT molecular complexity index is 829. The molecular formula is C20H25FN4O2. The van der Waals surface area contributed by atoms with Crippen molar-refractivity contribution < 1.29 is 14.2 Å². The Morgan fingerprint density at radius 2 is 1.78 bits per heavy atom. The maximum Gasteiger partial charge on any atom is 0.222 e. The molecular weight excluding hydrogens is 347 g/mol. The molecule has 6 nitrogen and oxygen atoms in total. The Morgan fingerprint density at radius 1 is 1.11 bits per heavy atom. The second-order valence-electron chi connectivity index (χ2n) is 7.69. The number of hydrogen-bond acceptors (Lipinski definition) is 6. The third-order valence-electron chi connectivity index (χ3n) is 5.87. The van der Waals surface area contributed by atoms with Crippen LogP contribution in [-0.2, 0) is 0 Å². The van der Waals surface area contributed by atoms with Crippen molar-refractivity contribution in [2.75, 3.05) is 23.7 Å². The van der Waals surface area contributed by atoms with Crippen LogP contribution in [0.15, 0.2) is 24.3 Å². The first-order valence-corrected chi connectivity index (χ1v) is 9.36. The lowest BCUT2D eigenvalue weighted by Gasteiger charge is -2.35. The van der Waals surface area contributed by atoms with E-state index in [1.165, 1.54) is 12.1 Å². The number of nitrogens with two attached hydrogens (primary N) is 1. The van der Waals surface area contributed by atoms with Crippen molar-refractivity contribution in [3.05, 3.63) is 41.3 Å². The van der Waals surface area contributed by atoms with E-state index >= 15 is 0 Å². The smallest absolute Gasteiger partial charge is 0.222 e. The summed E-state index contributed by atoms with van der Waals surface area (Å²) in [6, 6.07) is 5.94. The van der Waals surface area contributed by atoms with Gasteiger partial charge >= 0.3 is 0 Å². The van der Waals surface area contributed by atoms with Gasteiger partial charge in [0.1, 0.15) is 23.5 Å². The zero-order valence-corrected chi connectivity index (χ0v) is 15.6. The van der Waals surface area contributed by atoms with Crippen LogP contribution in [0.4, 0.5) is 16.2 Å². The van der Waals surface area contributed by atoms with Crippen molar-refractivity contribution in [2.45, 2.75) is 38.9 Å². The van der Waals surface area contributed by atoms with Gasteiger partial charge in [-0.3, -0.25) is 0 Å². The normalized spacial score (nSPS) is 27.5. The van der Waals surface area contributed by atoms with Gasteiger partial charge in [0.05, 0.1) is 6.10 Å². The number of rotatable bonds is 3. The summed E-state index contributed by atoms with van der Waals surface area (Å²) in [5, 5.41) is 10.6. The zero-order valence-electron chi connectivity index (χ0n) is 15.6. The van der Waals surface area contributed by atoms with E-state index in [-0.39, 0.29) is 11.9 Å². The predicted molar refractivity (Wildman–Crippen MR) is 101 cm³/mol. The van der Waals surface area contributed by atoms with Crippen molar-refractivity contribution >= 4 is 11.8 Å². The Balaban J connectivity index is 1.48. The summed E-state index contributed by atoms with van der Waals surface area (Å²) in [5.41, 5.74) is 7.79. The number of anilines is 2. The van der Waals surface area contributed by atoms with E-state index in [0.717, 1.165) is 36.6 Å². The first-order valence-electron chi connectivity index (χ1n) is 9.36. The van der Waals surface area contributed by atoms with Crippen molar-refractivity contribution in [1.29, 1.82) is 0 Å². The van der Waals surface area contributed by atoms with Crippen LogP contribution < -0.4 is 15.4 Å². The number of aryl methyl sites for hydroxylation is 1. The summed E-state index contributed by atoms with van der Waals surface area (Å²) in [7, 11) is 0. The predicted octanol–water partition coefficient (Wildman–Crippen LogP) is 2.47. The molecule has 4 rings (SSSR count). The average Bonchev–Trinajstić information content (AvgIpc) is 3.02. The highest BCUT2D eigenvalue weighted by atomic mass is 19.1. The molecule has 0 amide bonds. The molecule has 1 aliphatic carbocycles. The fraction of sp³-hybridized carbons (Fsp3) is 0.500. The average molecular weight is 372 g/mol. The molecule has 1 saturated heterocycles. The summed E-state index contributed by atoms with van der Waals surface area (Å²) in [4.78, 5) is 10.9. The van der Waals surface area contributed by atoms with Gasteiger partial charge in [0.2, 0.25) is 5.95 Å². The maximum atomic E-state index is 13.1. The van der Waals surface area contributed by atoms with Gasteiger partial charge in [-0.2, -0.15) is 4.98 Å². The minimum Gasteiger partial charge on any atom is -0.488 e.